The number of hydrogen-bond donors (Lipinski definition) is 1. The maximum absolute atomic E-state index is 15.2. The van der Waals surface area contributed by atoms with Gasteiger partial charge in [0.25, 0.3) is 0 Å². The summed E-state index contributed by atoms with van der Waals surface area (Å²) in [7, 11) is 3.25. The van der Waals surface area contributed by atoms with E-state index in [4.69, 9.17) is 32.7 Å². The average molecular weight is 631 g/mol. The quantitative estimate of drug-likeness (QED) is 0.319. The Morgan fingerprint density at radius 3 is 2.42 bits per heavy atom. The van der Waals surface area contributed by atoms with Crippen LogP contribution in [0.3, 0.4) is 0 Å². The van der Waals surface area contributed by atoms with E-state index in [-0.39, 0.29) is 11.2 Å². The van der Waals surface area contributed by atoms with E-state index < -0.39 is 23.6 Å². The molecule has 2 fully saturated rings. The molecule has 0 aliphatic carbocycles. The smallest absolute Gasteiger partial charge is 0.410 e. The van der Waals surface area contributed by atoms with Gasteiger partial charge in [0.15, 0.2) is 0 Å². The number of anilines is 1. The van der Waals surface area contributed by atoms with Crippen LogP contribution < -0.4 is 15.0 Å². The van der Waals surface area contributed by atoms with Crippen LogP contribution >= 0.6 is 23.2 Å². The number of nitrogens with zero attached hydrogens (tertiary/aromatic N) is 4. The second-order valence-corrected chi connectivity index (χ2v) is 12.3. The summed E-state index contributed by atoms with van der Waals surface area (Å²) < 4.78 is 26.7. The fourth-order valence-corrected chi connectivity index (χ4v) is 5.89. The molecule has 2 aliphatic heterocycles. The predicted octanol–water partition coefficient (Wildman–Crippen LogP) is 6.62. The highest BCUT2D eigenvalue weighted by Gasteiger charge is 2.33. The molecule has 2 aliphatic rings. The molecule has 3 amide bonds. The van der Waals surface area contributed by atoms with Gasteiger partial charge in [0.2, 0.25) is 0 Å². The van der Waals surface area contributed by atoms with Crippen molar-refractivity contribution in [1.82, 2.24) is 20.1 Å². The van der Waals surface area contributed by atoms with E-state index in [9.17, 15) is 9.59 Å². The number of benzene rings is 2. The van der Waals surface area contributed by atoms with Gasteiger partial charge < -0.3 is 19.7 Å². The molecule has 1 aromatic heterocycles. The Bertz CT molecular complexity index is 1560. The Balaban J connectivity index is 1.54. The molecular weight excluding hydrogens is 596 g/mol. The van der Waals surface area contributed by atoms with E-state index in [0.717, 1.165) is 0 Å². The fraction of sp³-hybridized carbons (Fsp3) is 0.387. The monoisotopic (exact) mass is 629 g/mol. The Labute approximate surface area is 260 Å². The summed E-state index contributed by atoms with van der Waals surface area (Å²) in [4.78, 5) is 34.9. The van der Waals surface area contributed by atoms with Crippen molar-refractivity contribution >= 4 is 41.0 Å². The van der Waals surface area contributed by atoms with Crippen molar-refractivity contribution in [2.45, 2.75) is 32.4 Å². The third kappa shape index (κ3) is 6.37. The molecule has 1 atom stereocenters. The summed E-state index contributed by atoms with van der Waals surface area (Å²) in [6.07, 6.45) is 1.10. The van der Waals surface area contributed by atoms with Crippen LogP contribution in [0.4, 0.5) is 19.7 Å². The number of ether oxygens (including phenoxy) is 2. The van der Waals surface area contributed by atoms with Crippen molar-refractivity contribution in [1.29, 1.82) is 0 Å². The minimum Gasteiger partial charge on any atom is -0.495 e. The zero-order valence-corrected chi connectivity index (χ0v) is 26.2. The molecule has 0 saturated carbocycles. The molecule has 12 heteroatoms. The van der Waals surface area contributed by atoms with Crippen molar-refractivity contribution in [3.63, 3.8) is 0 Å². The van der Waals surface area contributed by atoms with Crippen molar-refractivity contribution in [3.05, 3.63) is 64.2 Å². The van der Waals surface area contributed by atoms with Gasteiger partial charge in [-0.2, -0.15) is 0 Å². The first-order valence-corrected chi connectivity index (χ1v) is 14.7. The highest BCUT2D eigenvalue weighted by Crippen LogP contribution is 2.43. The molecule has 5 rings (SSSR count). The molecule has 3 aromatic rings. The molecule has 1 N–H and O–H groups in total. The highest BCUT2D eigenvalue weighted by atomic mass is 35.5. The largest absolute Gasteiger partial charge is 0.495 e. The van der Waals surface area contributed by atoms with Gasteiger partial charge in [0.05, 0.1) is 23.9 Å². The number of piperazine rings is 1. The second-order valence-electron chi connectivity index (χ2n) is 11.6. The lowest BCUT2D eigenvalue weighted by atomic mass is 9.95. The van der Waals surface area contributed by atoms with Gasteiger partial charge in [0, 0.05) is 68.2 Å². The summed E-state index contributed by atoms with van der Waals surface area (Å²) in [5, 5.41) is 3.89. The Hall–Kier alpha value is -3.60. The van der Waals surface area contributed by atoms with Crippen LogP contribution in [0.2, 0.25) is 10.2 Å². The topological polar surface area (TPSA) is 87.2 Å². The van der Waals surface area contributed by atoms with Gasteiger partial charge in [-0.1, -0.05) is 29.3 Å². The molecule has 43 heavy (non-hydrogen) atoms. The van der Waals surface area contributed by atoms with Gasteiger partial charge in [-0.25, -0.2) is 19.0 Å². The van der Waals surface area contributed by atoms with Gasteiger partial charge in [-0.15, -0.1) is 0 Å². The summed E-state index contributed by atoms with van der Waals surface area (Å²) >= 11 is 13.2. The van der Waals surface area contributed by atoms with Crippen LogP contribution in [0.1, 0.15) is 32.4 Å². The van der Waals surface area contributed by atoms with Gasteiger partial charge >= 0.3 is 12.1 Å². The first-order chi connectivity index (χ1) is 20.4. The zero-order chi connectivity index (χ0) is 31.1. The third-order valence-electron chi connectivity index (χ3n) is 7.43. The van der Waals surface area contributed by atoms with Crippen LogP contribution in [0, 0.1) is 5.82 Å². The van der Waals surface area contributed by atoms with Crippen LogP contribution in [0.25, 0.3) is 22.3 Å². The van der Waals surface area contributed by atoms with Crippen molar-refractivity contribution in [2.75, 3.05) is 51.8 Å². The molecule has 0 bridgehead atoms. The number of likely N-dealkylation sites (N-methyl/N-ethyl adjacent to an activating group) is 1. The maximum Gasteiger partial charge on any atom is 0.410 e. The number of halogens is 3. The Morgan fingerprint density at radius 2 is 1.79 bits per heavy atom. The average Bonchev–Trinajstić information content (AvgIpc) is 3.29. The first-order valence-electron chi connectivity index (χ1n) is 13.9. The maximum atomic E-state index is 15.2. The van der Waals surface area contributed by atoms with Crippen molar-refractivity contribution in [3.8, 4) is 28.0 Å². The number of methoxy groups -OCH3 is 1. The number of amides is 3. The number of aromatic nitrogens is 1. The predicted molar refractivity (Wildman–Crippen MR) is 166 cm³/mol. The summed E-state index contributed by atoms with van der Waals surface area (Å²) in [5.41, 5.74) is 2.61. The number of nitrogens with one attached hydrogen (secondary N) is 1. The van der Waals surface area contributed by atoms with Crippen LogP contribution in [0.15, 0.2) is 42.6 Å². The van der Waals surface area contributed by atoms with E-state index in [1.165, 1.54) is 19.2 Å². The molecule has 228 valence electrons. The third-order valence-corrected chi connectivity index (χ3v) is 8.05. The number of hydrogen-bond acceptors (Lipinski definition) is 6. The van der Waals surface area contributed by atoms with E-state index in [2.05, 4.69) is 10.3 Å². The van der Waals surface area contributed by atoms with Gasteiger partial charge in [-0.3, -0.25) is 9.80 Å². The fourth-order valence-electron chi connectivity index (χ4n) is 5.37. The Morgan fingerprint density at radius 1 is 1.07 bits per heavy atom. The molecule has 1 unspecified atom stereocenters. The molecule has 0 spiro atoms. The minimum absolute atomic E-state index is 0.135. The van der Waals surface area contributed by atoms with E-state index >= 15 is 4.39 Å². The number of rotatable bonds is 5. The van der Waals surface area contributed by atoms with Crippen molar-refractivity contribution < 1.29 is 23.5 Å². The minimum atomic E-state index is -0.664. The molecular formula is C31H34Cl2FN5O4. The molecule has 2 saturated heterocycles. The number of urea groups is 1. The number of pyridine rings is 1. The SMILES string of the molecule is COc1c(-c2ccc(N3CCN(C)C3=O)c(Cl)c2)cc(F)cc1-c1cnc(Cl)c(C2CNCCN2C(=O)OC(C)(C)C)c1. The highest BCUT2D eigenvalue weighted by molar-refractivity contribution is 6.34. The molecule has 9 nitrogen and oxygen atoms in total. The van der Waals surface area contributed by atoms with Gasteiger partial charge in [-0.05, 0) is 56.7 Å². The standard InChI is InChI=1S/C31H34Cl2FN5O4/c1-31(2,3)43-30(41)39-9-8-35-17-26(39)23-12-19(16-36-28(23)33)22-15-20(34)14-21(27(22)42-5)18-6-7-25(24(32)13-18)38-11-10-37(4)29(38)40/h6-7,12-16,26,35H,8-11,17H2,1-5H3. The number of carbonyl (C=O) groups excluding carboxylic acids is 2. The number of carbonyl (C=O) groups is 2. The van der Waals surface area contributed by atoms with Crippen LogP contribution in [-0.4, -0.2) is 79.4 Å². The summed E-state index contributed by atoms with van der Waals surface area (Å²) in [6, 6.07) is 9.19. The lowest BCUT2D eigenvalue weighted by Crippen LogP contribution is -2.50. The van der Waals surface area contributed by atoms with E-state index in [0.29, 0.717) is 77.0 Å². The Kier molecular flexibility index (Phi) is 8.74. The van der Waals surface area contributed by atoms with Crippen LogP contribution in [0.5, 0.6) is 5.75 Å². The van der Waals surface area contributed by atoms with Gasteiger partial charge in [0.1, 0.15) is 22.3 Å². The summed E-state index contributed by atoms with van der Waals surface area (Å²) in [5.74, 6) is -0.0865. The molecule has 3 heterocycles. The lowest BCUT2D eigenvalue weighted by Gasteiger charge is -2.37. The molecule has 0 radical (unpaired) electrons. The molecule has 2 aromatic carbocycles. The van der Waals surface area contributed by atoms with E-state index in [1.807, 2.05) is 20.8 Å². The first kappa shape index (κ1) is 30.8. The van der Waals surface area contributed by atoms with Crippen LogP contribution in [-0.2, 0) is 4.74 Å². The second kappa shape index (κ2) is 12.2. The lowest BCUT2D eigenvalue weighted by molar-refractivity contribution is 0.0118. The van der Waals surface area contributed by atoms with E-state index in [1.54, 1.807) is 52.2 Å². The summed E-state index contributed by atoms with van der Waals surface area (Å²) in [6.45, 7) is 8.03. The normalized spacial score (nSPS) is 17.4. The van der Waals surface area contributed by atoms with Crippen molar-refractivity contribution in [2.24, 2.45) is 0 Å². The zero-order valence-electron chi connectivity index (χ0n) is 24.7.